The lowest BCUT2D eigenvalue weighted by atomic mass is 9.96. The van der Waals surface area contributed by atoms with Gasteiger partial charge in [0, 0.05) is 22.5 Å². The average Bonchev–Trinajstić information content (AvgIpc) is 2.48. The molecule has 0 aliphatic heterocycles. The highest BCUT2D eigenvalue weighted by Gasteiger charge is 2.23. The quantitative estimate of drug-likeness (QED) is 0.856. The lowest BCUT2D eigenvalue weighted by Gasteiger charge is -2.23. The molecule has 0 bridgehead atoms. The van der Waals surface area contributed by atoms with Crippen LogP contribution in [0.25, 0.3) is 10.8 Å². The van der Waals surface area contributed by atoms with Gasteiger partial charge in [-0.25, -0.2) is 13.1 Å². The Balaban J connectivity index is 2.00. The lowest BCUT2D eigenvalue weighted by molar-refractivity contribution is 0.412. The van der Waals surface area contributed by atoms with E-state index in [2.05, 4.69) is 4.72 Å². The summed E-state index contributed by atoms with van der Waals surface area (Å²) in [7, 11) is -3.51. The molecule has 3 rings (SSSR count). The predicted octanol–water partition coefficient (Wildman–Crippen LogP) is 3.03. The van der Waals surface area contributed by atoms with Gasteiger partial charge in [-0.2, -0.15) is 0 Å². The summed E-state index contributed by atoms with van der Waals surface area (Å²) >= 11 is 0. The van der Waals surface area contributed by atoms with Gasteiger partial charge in [0.1, 0.15) is 0 Å². The maximum Gasteiger partial charge on any atom is 0.241 e. The first-order chi connectivity index (χ1) is 10.1. The predicted molar refractivity (Wildman–Crippen MR) is 85.6 cm³/mol. The van der Waals surface area contributed by atoms with Crippen molar-refractivity contribution in [3.8, 4) is 0 Å². The molecular formula is C16H20N2O2S. The highest BCUT2D eigenvalue weighted by Crippen LogP contribution is 2.28. The molecule has 0 atom stereocenters. The van der Waals surface area contributed by atoms with Gasteiger partial charge < -0.3 is 5.73 Å². The van der Waals surface area contributed by atoms with Gasteiger partial charge in [0.05, 0.1) is 4.90 Å². The van der Waals surface area contributed by atoms with Crippen molar-refractivity contribution in [3.05, 3.63) is 36.4 Å². The second-order valence-electron chi connectivity index (χ2n) is 5.65. The molecule has 5 heteroatoms. The van der Waals surface area contributed by atoms with Gasteiger partial charge in [-0.3, -0.25) is 0 Å². The molecule has 2 aromatic carbocycles. The summed E-state index contributed by atoms with van der Waals surface area (Å²) in [6, 6.07) is 10.7. The van der Waals surface area contributed by atoms with E-state index in [1.165, 1.54) is 6.42 Å². The van der Waals surface area contributed by atoms with Crippen molar-refractivity contribution in [1.29, 1.82) is 0 Å². The monoisotopic (exact) mass is 304 g/mol. The third kappa shape index (κ3) is 2.89. The molecule has 0 aromatic heterocycles. The number of hydrogen-bond donors (Lipinski definition) is 2. The first-order valence-corrected chi connectivity index (χ1v) is 8.86. The number of nitrogens with one attached hydrogen (secondary N) is 1. The molecule has 1 saturated carbocycles. The molecule has 1 fully saturated rings. The molecule has 1 aliphatic carbocycles. The number of nitrogen functional groups attached to an aromatic ring is 1. The standard InChI is InChI=1S/C16H20N2O2S/c17-15-10-11-16(14-9-5-4-8-13(14)15)21(19,20)18-12-6-2-1-3-7-12/h4-5,8-12,18H,1-3,6-7,17H2. The summed E-state index contributed by atoms with van der Waals surface area (Å²) in [5.41, 5.74) is 6.54. The van der Waals surface area contributed by atoms with E-state index in [1.54, 1.807) is 18.2 Å². The van der Waals surface area contributed by atoms with Gasteiger partial charge in [-0.1, -0.05) is 43.5 Å². The van der Waals surface area contributed by atoms with Crippen LogP contribution in [0, 0.1) is 0 Å². The Kier molecular flexibility index (Phi) is 3.87. The Morgan fingerprint density at radius 3 is 2.33 bits per heavy atom. The summed E-state index contributed by atoms with van der Waals surface area (Å²) in [4.78, 5) is 0.317. The van der Waals surface area contributed by atoms with Crippen LogP contribution >= 0.6 is 0 Å². The number of rotatable bonds is 3. The number of nitrogens with two attached hydrogens (primary N) is 1. The normalized spacial score (nSPS) is 17.1. The molecule has 21 heavy (non-hydrogen) atoms. The van der Waals surface area contributed by atoms with Crippen LogP contribution in [0.1, 0.15) is 32.1 Å². The van der Waals surface area contributed by atoms with Gasteiger partial charge >= 0.3 is 0 Å². The molecule has 2 aromatic rings. The van der Waals surface area contributed by atoms with E-state index in [-0.39, 0.29) is 6.04 Å². The molecule has 0 amide bonds. The molecule has 0 heterocycles. The third-order valence-corrected chi connectivity index (χ3v) is 5.71. The fraction of sp³-hybridized carbons (Fsp3) is 0.375. The summed E-state index contributed by atoms with van der Waals surface area (Å²) in [6.07, 6.45) is 5.23. The molecule has 112 valence electrons. The fourth-order valence-corrected chi connectivity index (χ4v) is 4.55. The first-order valence-electron chi connectivity index (χ1n) is 7.37. The smallest absolute Gasteiger partial charge is 0.241 e. The summed E-state index contributed by atoms with van der Waals surface area (Å²) < 4.78 is 28.2. The number of hydrogen-bond acceptors (Lipinski definition) is 3. The maximum atomic E-state index is 12.7. The van der Waals surface area contributed by atoms with Crippen LogP contribution in [0.4, 0.5) is 5.69 Å². The third-order valence-electron chi connectivity index (χ3n) is 4.13. The van der Waals surface area contributed by atoms with Gasteiger partial charge in [0.25, 0.3) is 0 Å². The van der Waals surface area contributed by atoms with Gasteiger partial charge in [0.15, 0.2) is 0 Å². The number of fused-ring (bicyclic) bond motifs is 1. The zero-order chi connectivity index (χ0) is 14.9. The van der Waals surface area contributed by atoms with Crippen LogP contribution in [-0.2, 0) is 10.0 Å². The minimum absolute atomic E-state index is 0.0556. The van der Waals surface area contributed by atoms with E-state index in [4.69, 9.17) is 5.73 Å². The SMILES string of the molecule is Nc1ccc(S(=O)(=O)NC2CCCCC2)c2ccccc12. The Hall–Kier alpha value is -1.59. The van der Waals surface area contributed by atoms with Gasteiger partial charge in [0.2, 0.25) is 10.0 Å². The zero-order valence-electron chi connectivity index (χ0n) is 11.9. The second kappa shape index (κ2) is 5.66. The Labute approximate surface area is 125 Å². The minimum atomic E-state index is -3.51. The first kappa shape index (κ1) is 14.4. The van der Waals surface area contributed by atoms with Crippen LogP contribution in [0.15, 0.2) is 41.3 Å². The van der Waals surface area contributed by atoms with Crippen molar-refractivity contribution in [2.45, 2.75) is 43.0 Å². The number of sulfonamides is 1. The molecule has 1 aliphatic rings. The highest BCUT2D eigenvalue weighted by molar-refractivity contribution is 7.89. The van der Waals surface area contributed by atoms with Crippen molar-refractivity contribution in [2.24, 2.45) is 0 Å². The lowest BCUT2D eigenvalue weighted by Crippen LogP contribution is -2.36. The fourth-order valence-electron chi connectivity index (χ4n) is 3.03. The number of anilines is 1. The highest BCUT2D eigenvalue weighted by atomic mass is 32.2. The zero-order valence-corrected chi connectivity index (χ0v) is 12.7. The van der Waals surface area contributed by atoms with E-state index in [9.17, 15) is 8.42 Å². The summed E-state index contributed by atoms with van der Waals surface area (Å²) in [5.74, 6) is 0. The second-order valence-corrected chi connectivity index (χ2v) is 7.34. The summed E-state index contributed by atoms with van der Waals surface area (Å²) in [6.45, 7) is 0. The van der Waals surface area contributed by atoms with Crippen molar-refractivity contribution in [1.82, 2.24) is 4.72 Å². The van der Waals surface area contributed by atoms with Crippen LogP contribution < -0.4 is 10.5 Å². The van der Waals surface area contributed by atoms with E-state index in [1.807, 2.05) is 18.2 Å². The van der Waals surface area contributed by atoms with Crippen LogP contribution in [0.5, 0.6) is 0 Å². The van der Waals surface area contributed by atoms with Crippen molar-refractivity contribution in [2.75, 3.05) is 5.73 Å². The molecule has 0 radical (unpaired) electrons. The van der Waals surface area contributed by atoms with Gasteiger partial charge in [-0.05, 0) is 25.0 Å². The minimum Gasteiger partial charge on any atom is -0.398 e. The Morgan fingerprint density at radius 1 is 0.952 bits per heavy atom. The maximum absolute atomic E-state index is 12.7. The van der Waals surface area contributed by atoms with E-state index in [0.717, 1.165) is 31.1 Å². The van der Waals surface area contributed by atoms with Gasteiger partial charge in [-0.15, -0.1) is 0 Å². The Morgan fingerprint density at radius 2 is 1.62 bits per heavy atom. The van der Waals surface area contributed by atoms with Crippen LogP contribution in [-0.4, -0.2) is 14.5 Å². The number of benzene rings is 2. The molecule has 4 nitrogen and oxygen atoms in total. The Bertz CT molecular complexity index is 750. The summed E-state index contributed by atoms with van der Waals surface area (Å²) in [5, 5.41) is 1.46. The average molecular weight is 304 g/mol. The van der Waals surface area contributed by atoms with E-state index < -0.39 is 10.0 Å². The molecule has 0 unspecified atom stereocenters. The van der Waals surface area contributed by atoms with E-state index in [0.29, 0.717) is 16.0 Å². The van der Waals surface area contributed by atoms with E-state index >= 15 is 0 Å². The van der Waals surface area contributed by atoms with Crippen molar-refractivity contribution in [3.63, 3.8) is 0 Å². The van der Waals surface area contributed by atoms with Crippen molar-refractivity contribution >= 4 is 26.5 Å². The molecular weight excluding hydrogens is 284 g/mol. The molecule has 3 N–H and O–H groups in total. The topological polar surface area (TPSA) is 72.2 Å². The molecule has 0 saturated heterocycles. The molecule has 0 spiro atoms. The largest absolute Gasteiger partial charge is 0.398 e. The van der Waals surface area contributed by atoms with Crippen LogP contribution in [0.2, 0.25) is 0 Å². The van der Waals surface area contributed by atoms with Crippen molar-refractivity contribution < 1.29 is 8.42 Å². The van der Waals surface area contributed by atoms with Crippen LogP contribution in [0.3, 0.4) is 0 Å².